The quantitative estimate of drug-likeness (QED) is 0.790. The minimum absolute atomic E-state index is 0.176. The first-order chi connectivity index (χ1) is 10.3. The first kappa shape index (κ1) is 18.1. The SMILES string of the molecule is CC1CCN(CC2CCCN(C(=O)CSC(C)(C)C)C2)CC1. The van der Waals surface area contributed by atoms with Crippen LogP contribution in [0.15, 0.2) is 0 Å². The van der Waals surface area contributed by atoms with E-state index >= 15 is 0 Å². The zero-order chi connectivity index (χ0) is 16.2. The van der Waals surface area contributed by atoms with Crippen LogP contribution in [-0.4, -0.2) is 58.9 Å². The number of thioether (sulfide) groups is 1. The van der Waals surface area contributed by atoms with E-state index in [0.717, 1.165) is 19.0 Å². The molecule has 0 saturated carbocycles. The molecule has 2 saturated heterocycles. The zero-order valence-electron chi connectivity index (χ0n) is 14.9. The normalized spacial score (nSPS) is 25.5. The molecule has 1 unspecified atom stereocenters. The van der Waals surface area contributed by atoms with Crippen LogP contribution in [0.5, 0.6) is 0 Å². The van der Waals surface area contributed by atoms with Crippen LogP contribution in [0, 0.1) is 11.8 Å². The first-order valence-corrected chi connectivity index (χ1v) is 9.96. The van der Waals surface area contributed by atoms with Gasteiger partial charge in [0.2, 0.25) is 5.91 Å². The average Bonchev–Trinajstić information content (AvgIpc) is 2.47. The molecule has 1 amide bonds. The number of rotatable bonds is 4. The number of nitrogens with zero attached hydrogens (tertiary/aromatic N) is 2. The molecule has 0 radical (unpaired) electrons. The Balaban J connectivity index is 1.75. The molecule has 2 aliphatic heterocycles. The van der Waals surface area contributed by atoms with E-state index in [2.05, 4.69) is 37.5 Å². The van der Waals surface area contributed by atoms with Crippen molar-refractivity contribution in [2.75, 3.05) is 38.5 Å². The Hall–Kier alpha value is -0.220. The lowest BCUT2D eigenvalue weighted by Gasteiger charge is -2.38. The van der Waals surface area contributed by atoms with E-state index in [4.69, 9.17) is 0 Å². The predicted molar refractivity (Wildman–Crippen MR) is 96.4 cm³/mol. The van der Waals surface area contributed by atoms with Gasteiger partial charge in [0.05, 0.1) is 5.75 Å². The smallest absolute Gasteiger partial charge is 0.232 e. The van der Waals surface area contributed by atoms with E-state index in [9.17, 15) is 4.79 Å². The molecule has 2 fully saturated rings. The van der Waals surface area contributed by atoms with Gasteiger partial charge >= 0.3 is 0 Å². The van der Waals surface area contributed by atoms with Crippen molar-refractivity contribution in [2.24, 2.45) is 11.8 Å². The van der Waals surface area contributed by atoms with Gasteiger partial charge in [0.1, 0.15) is 0 Å². The van der Waals surface area contributed by atoms with Crippen molar-refractivity contribution >= 4 is 17.7 Å². The maximum Gasteiger partial charge on any atom is 0.232 e. The van der Waals surface area contributed by atoms with E-state index in [1.165, 1.54) is 45.3 Å². The lowest BCUT2D eigenvalue weighted by Crippen LogP contribution is -2.45. The van der Waals surface area contributed by atoms with Crippen LogP contribution in [0.25, 0.3) is 0 Å². The van der Waals surface area contributed by atoms with Gasteiger partial charge in [-0.25, -0.2) is 0 Å². The highest BCUT2D eigenvalue weighted by molar-refractivity contribution is 8.01. The van der Waals surface area contributed by atoms with Crippen LogP contribution >= 0.6 is 11.8 Å². The van der Waals surface area contributed by atoms with Gasteiger partial charge in [-0.3, -0.25) is 4.79 Å². The lowest BCUT2D eigenvalue weighted by atomic mass is 9.94. The molecule has 3 nitrogen and oxygen atoms in total. The Labute approximate surface area is 141 Å². The molecule has 128 valence electrons. The highest BCUT2D eigenvalue weighted by Gasteiger charge is 2.27. The fourth-order valence-electron chi connectivity index (χ4n) is 3.42. The first-order valence-electron chi connectivity index (χ1n) is 8.97. The second kappa shape index (κ2) is 8.05. The number of hydrogen-bond acceptors (Lipinski definition) is 3. The van der Waals surface area contributed by atoms with Crippen LogP contribution in [0.1, 0.15) is 53.4 Å². The summed E-state index contributed by atoms with van der Waals surface area (Å²) in [5, 5.41) is 0. The molecular weight excluding hydrogens is 292 g/mol. The maximum atomic E-state index is 12.4. The van der Waals surface area contributed by atoms with Crippen molar-refractivity contribution in [3.8, 4) is 0 Å². The van der Waals surface area contributed by atoms with Crippen LogP contribution in [-0.2, 0) is 4.79 Å². The topological polar surface area (TPSA) is 23.6 Å². The summed E-state index contributed by atoms with van der Waals surface area (Å²) in [6, 6.07) is 0. The molecule has 0 aliphatic carbocycles. The van der Waals surface area contributed by atoms with Gasteiger partial charge in [0.25, 0.3) is 0 Å². The highest BCUT2D eigenvalue weighted by atomic mass is 32.2. The summed E-state index contributed by atoms with van der Waals surface area (Å²) in [5.74, 6) is 2.56. The molecule has 0 aromatic heterocycles. The van der Waals surface area contributed by atoms with Crippen molar-refractivity contribution < 1.29 is 4.79 Å². The molecule has 0 bridgehead atoms. The number of hydrogen-bond donors (Lipinski definition) is 0. The predicted octanol–water partition coefficient (Wildman–Crippen LogP) is 3.49. The molecule has 4 heteroatoms. The average molecular weight is 327 g/mol. The van der Waals surface area contributed by atoms with E-state index in [1.807, 2.05) is 0 Å². The summed E-state index contributed by atoms with van der Waals surface area (Å²) in [6.45, 7) is 14.6. The van der Waals surface area contributed by atoms with Crippen LogP contribution in [0.3, 0.4) is 0 Å². The molecule has 2 rings (SSSR count). The Morgan fingerprint density at radius 1 is 1.14 bits per heavy atom. The number of amides is 1. The third kappa shape index (κ3) is 6.11. The molecule has 0 aromatic rings. The summed E-state index contributed by atoms with van der Waals surface area (Å²) in [4.78, 5) is 17.2. The van der Waals surface area contributed by atoms with Crippen molar-refractivity contribution in [2.45, 2.75) is 58.1 Å². The fraction of sp³-hybridized carbons (Fsp3) is 0.944. The second-order valence-electron chi connectivity index (χ2n) is 8.23. The fourth-order valence-corrected chi connectivity index (χ4v) is 4.16. The van der Waals surface area contributed by atoms with Crippen LogP contribution in [0.2, 0.25) is 0 Å². The lowest BCUT2D eigenvalue weighted by molar-refractivity contribution is -0.130. The van der Waals surface area contributed by atoms with Crippen molar-refractivity contribution in [1.29, 1.82) is 0 Å². The summed E-state index contributed by atoms with van der Waals surface area (Å²) in [5.41, 5.74) is 0. The Kier molecular flexibility index (Phi) is 6.63. The van der Waals surface area contributed by atoms with Crippen molar-refractivity contribution in [3.05, 3.63) is 0 Å². The van der Waals surface area contributed by atoms with E-state index in [1.54, 1.807) is 11.8 Å². The maximum absolute atomic E-state index is 12.4. The summed E-state index contributed by atoms with van der Waals surface area (Å²) >= 11 is 1.77. The third-order valence-electron chi connectivity index (χ3n) is 4.89. The summed E-state index contributed by atoms with van der Waals surface area (Å²) < 4.78 is 0.176. The van der Waals surface area contributed by atoms with E-state index in [0.29, 0.717) is 17.6 Å². The monoisotopic (exact) mass is 326 g/mol. The number of carbonyl (C=O) groups excluding carboxylic acids is 1. The van der Waals surface area contributed by atoms with Gasteiger partial charge in [-0.15, -0.1) is 11.8 Å². The van der Waals surface area contributed by atoms with Crippen molar-refractivity contribution in [3.63, 3.8) is 0 Å². The van der Waals surface area contributed by atoms with Gasteiger partial charge in [0, 0.05) is 24.4 Å². The van der Waals surface area contributed by atoms with E-state index < -0.39 is 0 Å². The summed E-state index contributed by atoms with van der Waals surface area (Å²) in [6.07, 6.45) is 5.16. The molecule has 2 aliphatic rings. The standard InChI is InChI=1S/C18H34N2OS/c1-15-7-10-19(11-8-15)12-16-6-5-9-20(13-16)17(21)14-22-18(2,3)4/h15-16H,5-14H2,1-4H3. The third-order valence-corrected chi connectivity index (χ3v) is 6.15. The molecule has 0 aromatic carbocycles. The number of likely N-dealkylation sites (tertiary alicyclic amines) is 2. The Morgan fingerprint density at radius 3 is 2.45 bits per heavy atom. The zero-order valence-corrected chi connectivity index (χ0v) is 15.8. The number of piperidine rings is 2. The molecular formula is C18H34N2OS. The molecule has 22 heavy (non-hydrogen) atoms. The van der Waals surface area contributed by atoms with Gasteiger partial charge in [-0.2, -0.15) is 0 Å². The van der Waals surface area contributed by atoms with Crippen LogP contribution < -0.4 is 0 Å². The van der Waals surface area contributed by atoms with Crippen molar-refractivity contribution in [1.82, 2.24) is 9.80 Å². The van der Waals surface area contributed by atoms with Gasteiger partial charge < -0.3 is 9.80 Å². The minimum Gasteiger partial charge on any atom is -0.342 e. The second-order valence-corrected chi connectivity index (χ2v) is 10.0. The minimum atomic E-state index is 0.176. The largest absolute Gasteiger partial charge is 0.342 e. The van der Waals surface area contributed by atoms with Crippen LogP contribution in [0.4, 0.5) is 0 Å². The molecule has 0 spiro atoms. The van der Waals surface area contributed by atoms with Gasteiger partial charge in [0.15, 0.2) is 0 Å². The highest BCUT2D eigenvalue weighted by Crippen LogP contribution is 2.25. The van der Waals surface area contributed by atoms with Gasteiger partial charge in [-0.1, -0.05) is 27.7 Å². The Bertz CT molecular complexity index is 359. The molecule has 2 heterocycles. The van der Waals surface area contributed by atoms with E-state index in [-0.39, 0.29) is 4.75 Å². The molecule has 1 atom stereocenters. The summed E-state index contributed by atoms with van der Waals surface area (Å²) in [7, 11) is 0. The molecule has 0 N–H and O–H groups in total. The number of carbonyl (C=O) groups is 1. The van der Waals surface area contributed by atoms with Gasteiger partial charge in [-0.05, 0) is 50.6 Å². The Morgan fingerprint density at radius 2 is 1.82 bits per heavy atom.